The minimum atomic E-state index is -0.996. The lowest BCUT2D eigenvalue weighted by Crippen LogP contribution is -1.94. The zero-order valence-corrected chi connectivity index (χ0v) is 10.8. The van der Waals surface area contributed by atoms with Gasteiger partial charge in [0.25, 0.3) is 0 Å². The topological polar surface area (TPSA) is 89.3 Å². The maximum Gasteiger partial charge on any atom is 0.335 e. The van der Waals surface area contributed by atoms with Crippen molar-refractivity contribution in [3.63, 3.8) is 0 Å². The van der Waals surface area contributed by atoms with Crippen LogP contribution in [0.1, 0.15) is 15.9 Å². The number of nitrogens with zero attached hydrogens (tertiary/aromatic N) is 1. The van der Waals surface area contributed by atoms with Gasteiger partial charge in [0.05, 0.1) is 5.56 Å². The van der Waals surface area contributed by atoms with Gasteiger partial charge in [-0.05, 0) is 42.8 Å². The number of benzene rings is 2. The number of carboxylic acids is 1. The molecule has 3 N–H and O–H groups in total. The van der Waals surface area contributed by atoms with Crippen LogP contribution in [0.5, 0.6) is 0 Å². The number of oxazole rings is 1. The first-order chi connectivity index (χ1) is 9.54. The van der Waals surface area contributed by atoms with Crippen molar-refractivity contribution in [3.8, 4) is 11.5 Å². The lowest BCUT2D eigenvalue weighted by molar-refractivity contribution is 0.0697. The van der Waals surface area contributed by atoms with E-state index in [0.717, 1.165) is 11.1 Å². The standard InChI is InChI=1S/C15H12N2O3/c1-8-2-3-9(6-11(8)16)14-17-12-5-4-10(15(18)19)7-13(12)20-14/h2-7H,16H2,1H3,(H,18,19). The number of anilines is 1. The monoisotopic (exact) mass is 268 g/mol. The first-order valence-corrected chi connectivity index (χ1v) is 6.05. The molecule has 1 aromatic heterocycles. The summed E-state index contributed by atoms with van der Waals surface area (Å²) in [7, 11) is 0. The van der Waals surface area contributed by atoms with Crippen LogP contribution >= 0.6 is 0 Å². The van der Waals surface area contributed by atoms with Crippen molar-refractivity contribution in [3.05, 3.63) is 47.5 Å². The lowest BCUT2D eigenvalue weighted by Gasteiger charge is -2.01. The molecule has 1 heterocycles. The SMILES string of the molecule is Cc1ccc(-c2nc3ccc(C(=O)O)cc3o2)cc1N. The number of fused-ring (bicyclic) bond motifs is 1. The van der Waals surface area contributed by atoms with Gasteiger partial charge in [-0.2, -0.15) is 0 Å². The van der Waals surface area contributed by atoms with Gasteiger partial charge in [-0.25, -0.2) is 9.78 Å². The fraction of sp³-hybridized carbons (Fsp3) is 0.0667. The average molecular weight is 268 g/mol. The van der Waals surface area contributed by atoms with Gasteiger partial charge in [0.2, 0.25) is 5.89 Å². The lowest BCUT2D eigenvalue weighted by atomic mass is 10.1. The zero-order chi connectivity index (χ0) is 14.3. The maximum atomic E-state index is 10.9. The van der Waals surface area contributed by atoms with Crippen LogP contribution in [-0.4, -0.2) is 16.1 Å². The minimum absolute atomic E-state index is 0.170. The van der Waals surface area contributed by atoms with E-state index < -0.39 is 5.97 Å². The van der Waals surface area contributed by atoms with Gasteiger partial charge in [-0.15, -0.1) is 0 Å². The zero-order valence-electron chi connectivity index (χ0n) is 10.8. The fourth-order valence-corrected chi connectivity index (χ4v) is 1.95. The van der Waals surface area contributed by atoms with Crippen LogP contribution in [0.15, 0.2) is 40.8 Å². The average Bonchev–Trinajstić information content (AvgIpc) is 2.84. The number of rotatable bonds is 2. The van der Waals surface area contributed by atoms with Gasteiger partial charge in [0.15, 0.2) is 5.58 Å². The Kier molecular flexibility index (Phi) is 2.68. The van der Waals surface area contributed by atoms with Crippen LogP contribution in [-0.2, 0) is 0 Å². The maximum absolute atomic E-state index is 10.9. The summed E-state index contributed by atoms with van der Waals surface area (Å²) in [6.07, 6.45) is 0. The van der Waals surface area contributed by atoms with E-state index in [2.05, 4.69) is 4.98 Å². The van der Waals surface area contributed by atoms with E-state index in [1.165, 1.54) is 12.1 Å². The summed E-state index contributed by atoms with van der Waals surface area (Å²) in [5.41, 5.74) is 9.51. The van der Waals surface area contributed by atoms with E-state index in [0.29, 0.717) is 22.7 Å². The van der Waals surface area contributed by atoms with Crippen molar-refractivity contribution in [2.75, 3.05) is 5.73 Å². The molecule has 0 bridgehead atoms. The van der Waals surface area contributed by atoms with E-state index in [-0.39, 0.29) is 5.56 Å². The molecule has 0 aliphatic rings. The molecule has 0 fully saturated rings. The third-order valence-electron chi connectivity index (χ3n) is 3.16. The number of nitrogens with two attached hydrogens (primary N) is 1. The number of hydrogen-bond donors (Lipinski definition) is 2. The van der Waals surface area contributed by atoms with Crippen LogP contribution < -0.4 is 5.73 Å². The molecule has 20 heavy (non-hydrogen) atoms. The fourth-order valence-electron chi connectivity index (χ4n) is 1.95. The van der Waals surface area contributed by atoms with Gasteiger partial charge in [-0.1, -0.05) is 6.07 Å². The van der Waals surface area contributed by atoms with Crippen LogP contribution in [0.2, 0.25) is 0 Å². The Morgan fingerprint density at radius 3 is 2.75 bits per heavy atom. The predicted octanol–water partition coefficient (Wildman–Crippen LogP) is 3.08. The van der Waals surface area contributed by atoms with Crippen LogP contribution in [0.25, 0.3) is 22.6 Å². The number of hydrogen-bond acceptors (Lipinski definition) is 4. The van der Waals surface area contributed by atoms with E-state index >= 15 is 0 Å². The molecule has 0 radical (unpaired) electrons. The molecule has 0 spiro atoms. The quantitative estimate of drug-likeness (QED) is 0.697. The van der Waals surface area contributed by atoms with Gasteiger partial charge >= 0.3 is 5.97 Å². The highest BCUT2D eigenvalue weighted by Gasteiger charge is 2.11. The molecule has 100 valence electrons. The first kappa shape index (κ1) is 12.2. The van der Waals surface area contributed by atoms with Crippen molar-refractivity contribution >= 4 is 22.8 Å². The summed E-state index contributed by atoms with van der Waals surface area (Å²) < 4.78 is 5.61. The Hall–Kier alpha value is -2.82. The Morgan fingerprint density at radius 1 is 1.25 bits per heavy atom. The second-order valence-corrected chi connectivity index (χ2v) is 4.58. The van der Waals surface area contributed by atoms with E-state index in [9.17, 15) is 4.79 Å². The molecule has 0 amide bonds. The normalized spacial score (nSPS) is 10.8. The molecule has 0 atom stereocenters. The van der Waals surface area contributed by atoms with Crippen molar-refractivity contribution in [1.29, 1.82) is 0 Å². The Bertz CT molecular complexity index is 821. The van der Waals surface area contributed by atoms with E-state index in [1.807, 2.05) is 19.1 Å². The number of carboxylic acid groups (broad SMARTS) is 1. The van der Waals surface area contributed by atoms with E-state index in [1.54, 1.807) is 12.1 Å². The second-order valence-electron chi connectivity index (χ2n) is 4.58. The highest BCUT2D eigenvalue weighted by molar-refractivity contribution is 5.92. The molecular formula is C15H12N2O3. The van der Waals surface area contributed by atoms with Gasteiger partial charge in [-0.3, -0.25) is 0 Å². The number of aryl methyl sites for hydroxylation is 1. The summed E-state index contributed by atoms with van der Waals surface area (Å²) in [4.78, 5) is 15.3. The number of nitrogen functional groups attached to an aromatic ring is 1. The molecule has 0 saturated heterocycles. The molecule has 0 aliphatic heterocycles. The summed E-state index contributed by atoms with van der Waals surface area (Å²) in [6.45, 7) is 1.92. The number of aromatic nitrogens is 1. The van der Waals surface area contributed by atoms with Gasteiger partial charge in [0.1, 0.15) is 5.52 Å². The molecule has 0 unspecified atom stereocenters. The summed E-state index contributed by atoms with van der Waals surface area (Å²) in [6, 6.07) is 10.1. The van der Waals surface area contributed by atoms with E-state index in [4.69, 9.17) is 15.3 Å². The second kappa shape index (κ2) is 4.38. The van der Waals surface area contributed by atoms with Crippen molar-refractivity contribution < 1.29 is 14.3 Å². The van der Waals surface area contributed by atoms with Crippen LogP contribution in [0, 0.1) is 6.92 Å². The van der Waals surface area contributed by atoms with Crippen molar-refractivity contribution in [2.24, 2.45) is 0 Å². The summed E-state index contributed by atoms with van der Waals surface area (Å²) in [5.74, 6) is -0.571. The first-order valence-electron chi connectivity index (χ1n) is 6.05. The summed E-state index contributed by atoms with van der Waals surface area (Å²) >= 11 is 0. The van der Waals surface area contributed by atoms with Crippen molar-refractivity contribution in [1.82, 2.24) is 4.98 Å². The molecule has 5 nitrogen and oxygen atoms in total. The minimum Gasteiger partial charge on any atom is -0.478 e. The van der Waals surface area contributed by atoms with Crippen LogP contribution in [0.4, 0.5) is 5.69 Å². The predicted molar refractivity (Wildman–Crippen MR) is 75.6 cm³/mol. The molecular weight excluding hydrogens is 256 g/mol. The number of carbonyl (C=O) groups is 1. The van der Waals surface area contributed by atoms with Crippen molar-refractivity contribution in [2.45, 2.75) is 6.92 Å². The molecule has 5 heteroatoms. The largest absolute Gasteiger partial charge is 0.478 e. The summed E-state index contributed by atoms with van der Waals surface area (Å²) in [5, 5.41) is 8.96. The molecule has 0 saturated carbocycles. The third kappa shape index (κ3) is 1.99. The molecule has 2 aromatic carbocycles. The van der Waals surface area contributed by atoms with Crippen LogP contribution in [0.3, 0.4) is 0 Å². The Morgan fingerprint density at radius 2 is 2.05 bits per heavy atom. The Labute approximate surface area is 114 Å². The Balaban J connectivity index is 2.12. The molecule has 3 aromatic rings. The van der Waals surface area contributed by atoms with Gasteiger partial charge in [0, 0.05) is 11.3 Å². The highest BCUT2D eigenvalue weighted by Crippen LogP contribution is 2.27. The molecule has 3 rings (SSSR count). The van der Waals surface area contributed by atoms with Gasteiger partial charge < -0.3 is 15.3 Å². The highest BCUT2D eigenvalue weighted by atomic mass is 16.4. The smallest absolute Gasteiger partial charge is 0.335 e. The number of aromatic carboxylic acids is 1. The molecule has 0 aliphatic carbocycles. The third-order valence-corrected chi connectivity index (χ3v) is 3.16.